The lowest BCUT2D eigenvalue weighted by molar-refractivity contribution is 0.259. The van der Waals surface area contributed by atoms with Gasteiger partial charge in [0.1, 0.15) is 18.0 Å². The number of methoxy groups -OCH3 is 1. The quantitative estimate of drug-likeness (QED) is 0.735. The number of nitrogens with two attached hydrogens (primary N) is 1. The summed E-state index contributed by atoms with van der Waals surface area (Å²) in [5, 5.41) is 0.976. The number of fused-ring (bicyclic) bond motifs is 1. The molecule has 0 amide bonds. The minimum atomic E-state index is 0.342. The Morgan fingerprint density at radius 1 is 1.05 bits per heavy atom. The van der Waals surface area contributed by atoms with E-state index in [1.807, 2.05) is 48.5 Å². The molecule has 0 saturated carbocycles. The second-order valence-corrected chi connectivity index (χ2v) is 4.45. The Labute approximate surface area is 116 Å². The van der Waals surface area contributed by atoms with Crippen LogP contribution in [0.4, 0.5) is 5.69 Å². The highest BCUT2D eigenvalue weighted by Gasteiger charge is 2.07. The summed E-state index contributed by atoms with van der Waals surface area (Å²) in [7, 11) is 1.62. The molecule has 0 saturated heterocycles. The molecule has 2 N–H and O–H groups in total. The van der Waals surface area contributed by atoms with Gasteiger partial charge < -0.3 is 19.6 Å². The summed E-state index contributed by atoms with van der Waals surface area (Å²) in [5.41, 5.74) is 7.27. The Balaban J connectivity index is 1.79. The van der Waals surface area contributed by atoms with Crippen LogP contribution in [-0.4, -0.2) is 7.11 Å². The molecule has 20 heavy (non-hydrogen) atoms. The first kappa shape index (κ1) is 12.4. The Morgan fingerprint density at radius 3 is 2.65 bits per heavy atom. The third-order valence-electron chi connectivity index (χ3n) is 3.03. The van der Waals surface area contributed by atoms with Crippen LogP contribution >= 0.6 is 0 Å². The highest BCUT2D eigenvalue weighted by molar-refractivity contribution is 5.81. The molecule has 102 valence electrons. The average Bonchev–Trinajstić information content (AvgIpc) is 2.87. The molecule has 0 bridgehead atoms. The summed E-state index contributed by atoms with van der Waals surface area (Å²) in [6.07, 6.45) is 0. The molecule has 1 aromatic heterocycles. The number of hydrogen-bond acceptors (Lipinski definition) is 4. The van der Waals surface area contributed by atoms with Gasteiger partial charge in [-0.25, -0.2) is 0 Å². The fraction of sp³-hybridized carbons (Fsp3) is 0.125. The van der Waals surface area contributed by atoms with Gasteiger partial charge in [-0.15, -0.1) is 0 Å². The van der Waals surface area contributed by atoms with Gasteiger partial charge in [0.05, 0.1) is 7.11 Å². The van der Waals surface area contributed by atoms with E-state index in [1.54, 1.807) is 7.11 Å². The molecule has 0 unspecified atom stereocenters. The first-order valence-electron chi connectivity index (χ1n) is 6.30. The number of benzene rings is 2. The number of nitrogen functional groups attached to an aromatic ring is 1. The van der Waals surface area contributed by atoms with Crippen LogP contribution in [0, 0.1) is 0 Å². The van der Waals surface area contributed by atoms with Crippen molar-refractivity contribution in [2.45, 2.75) is 6.61 Å². The lowest BCUT2D eigenvalue weighted by atomic mass is 10.2. The van der Waals surface area contributed by atoms with Gasteiger partial charge >= 0.3 is 0 Å². The molecule has 0 aliphatic rings. The van der Waals surface area contributed by atoms with Gasteiger partial charge in [0, 0.05) is 11.1 Å². The van der Waals surface area contributed by atoms with Gasteiger partial charge in [-0.2, -0.15) is 0 Å². The smallest absolute Gasteiger partial charge is 0.161 e. The van der Waals surface area contributed by atoms with Crippen LogP contribution in [0.15, 0.2) is 52.9 Å². The second kappa shape index (κ2) is 5.17. The normalized spacial score (nSPS) is 10.7. The number of ether oxygens (including phenoxy) is 2. The zero-order valence-corrected chi connectivity index (χ0v) is 11.1. The van der Waals surface area contributed by atoms with Crippen LogP contribution in [0.1, 0.15) is 5.76 Å². The third-order valence-corrected chi connectivity index (χ3v) is 3.03. The molecule has 4 heteroatoms. The van der Waals surface area contributed by atoms with Gasteiger partial charge in [-0.05, 0) is 36.4 Å². The predicted molar refractivity (Wildman–Crippen MR) is 78.0 cm³/mol. The molecule has 0 fully saturated rings. The fourth-order valence-electron chi connectivity index (χ4n) is 2.07. The van der Waals surface area contributed by atoms with Crippen molar-refractivity contribution in [2.24, 2.45) is 0 Å². The molecular formula is C16H15NO3. The first-order chi connectivity index (χ1) is 9.76. The van der Waals surface area contributed by atoms with Gasteiger partial charge in [-0.3, -0.25) is 0 Å². The highest BCUT2D eigenvalue weighted by atomic mass is 16.5. The van der Waals surface area contributed by atoms with E-state index in [-0.39, 0.29) is 0 Å². The molecule has 0 aliphatic carbocycles. The van der Waals surface area contributed by atoms with Crippen molar-refractivity contribution in [1.82, 2.24) is 0 Å². The molecular weight excluding hydrogens is 254 g/mol. The van der Waals surface area contributed by atoms with E-state index < -0.39 is 0 Å². The van der Waals surface area contributed by atoms with Crippen molar-refractivity contribution in [3.63, 3.8) is 0 Å². The maximum Gasteiger partial charge on any atom is 0.161 e. The highest BCUT2D eigenvalue weighted by Crippen LogP contribution is 2.28. The molecule has 0 spiro atoms. The van der Waals surface area contributed by atoms with Gasteiger partial charge in [0.2, 0.25) is 0 Å². The van der Waals surface area contributed by atoms with E-state index in [9.17, 15) is 0 Å². The summed E-state index contributed by atoms with van der Waals surface area (Å²) >= 11 is 0. The Kier molecular flexibility index (Phi) is 3.21. The fourth-order valence-corrected chi connectivity index (χ4v) is 2.07. The standard InChI is InChI=1S/C16H15NO3/c1-18-15-4-2-3-5-16(15)19-10-13-9-11-8-12(17)6-7-14(11)20-13/h2-9H,10,17H2,1H3. The maximum atomic E-state index is 5.75. The maximum absolute atomic E-state index is 5.75. The summed E-state index contributed by atoms with van der Waals surface area (Å²) in [5.74, 6) is 2.14. The molecule has 2 aromatic carbocycles. The van der Waals surface area contributed by atoms with Crippen molar-refractivity contribution in [2.75, 3.05) is 12.8 Å². The monoisotopic (exact) mass is 269 g/mol. The molecule has 0 aliphatic heterocycles. The van der Waals surface area contributed by atoms with Crippen molar-refractivity contribution in [1.29, 1.82) is 0 Å². The van der Waals surface area contributed by atoms with E-state index in [4.69, 9.17) is 19.6 Å². The molecule has 0 radical (unpaired) electrons. The Hall–Kier alpha value is -2.62. The van der Waals surface area contributed by atoms with Crippen LogP contribution in [0.5, 0.6) is 11.5 Å². The molecule has 0 atom stereocenters. The van der Waals surface area contributed by atoms with E-state index in [1.165, 1.54) is 0 Å². The van der Waals surface area contributed by atoms with Crippen LogP contribution in [0.3, 0.4) is 0 Å². The summed E-state index contributed by atoms with van der Waals surface area (Å²) in [4.78, 5) is 0. The zero-order valence-electron chi connectivity index (χ0n) is 11.1. The number of anilines is 1. The van der Waals surface area contributed by atoms with Crippen LogP contribution < -0.4 is 15.2 Å². The Morgan fingerprint density at radius 2 is 1.85 bits per heavy atom. The molecule has 3 rings (SSSR count). The lowest BCUT2D eigenvalue weighted by Gasteiger charge is -2.08. The van der Waals surface area contributed by atoms with E-state index in [2.05, 4.69) is 0 Å². The van der Waals surface area contributed by atoms with Crippen LogP contribution in [-0.2, 0) is 6.61 Å². The number of para-hydroxylation sites is 2. The van der Waals surface area contributed by atoms with Crippen LogP contribution in [0.25, 0.3) is 11.0 Å². The lowest BCUT2D eigenvalue weighted by Crippen LogP contribution is -1.96. The van der Waals surface area contributed by atoms with E-state index in [0.717, 1.165) is 22.4 Å². The summed E-state index contributed by atoms with van der Waals surface area (Å²) < 4.78 is 16.7. The van der Waals surface area contributed by atoms with Crippen molar-refractivity contribution < 1.29 is 13.9 Å². The third kappa shape index (κ3) is 2.40. The molecule has 4 nitrogen and oxygen atoms in total. The van der Waals surface area contributed by atoms with Gasteiger partial charge in [0.25, 0.3) is 0 Å². The largest absolute Gasteiger partial charge is 0.493 e. The number of rotatable bonds is 4. The zero-order chi connectivity index (χ0) is 13.9. The van der Waals surface area contributed by atoms with Crippen LogP contribution in [0.2, 0.25) is 0 Å². The van der Waals surface area contributed by atoms with E-state index in [0.29, 0.717) is 18.1 Å². The number of hydrogen-bond donors (Lipinski definition) is 1. The van der Waals surface area contributed by atoms with Crippen molar-refractivity contribution in [3.8, 4) is 11.5 Å². The predicted octanol–water partition coefficient (Wildman–Crippen LogP) is 3.60. The topological polar surface area (TPSA) is 57.6 Å². The minimum Gasteiger partial charge on any atom is -0.493 e. The molecule has 3 aromatic rings. The second-order valence-electron chi connectivity index (χ2n) is 4.45. The minimum absolute atomic E-state index is 0.342. The summed E-state index contributed by atoms with van der Waals surface area (Å²) in [6.45, 7) is 0.342. The average molecular weight is 269 g/mol. The van der Waals surface area contributed by atoms with Gasteiger partial charge in [0.15, 0.2) is 11.5 Å². The van der Waals surface area contributed by atoms with Crippen molar-refractivity contribution in [3.05, 3.63) is 54.3 Å². The summed E-state index contributed by atoms with van der Waals surface area (Å²) in [6, 6.07) is 15.0. The first-order valence-corrected chi connectivity index (χ1v) is 6.30. The van der Waals surface area contributed by atoms with Gasteiger partial charge in [-0.1, -0.05) is 12.1 Å². The molecule has 1 heterocycles. The van der Waals surface area contributed by atoms with E-state index >= 15 is 0 Å². The number of furan rings is 1. The SMILES string of the molecule is COc1ccccc1OCc1cc2cc(N)ccc2o1. The van der Waals surface area contributed by atoms with Crippen molar-refractivity contribution >= 4 is 16.7 Å². The Bertz CT molecular complexity index is 733.